The van der Waals surface area contributed by atoms with Gasteiger partial charge in [-0.15, -0.1) is 11.8 Å². The summed E-state index contributed by atoms with van der Waals surface area (Å²) in [5.74, 6) is -2.35. The molecule has 2 atom stereocenters. The van der Waals surface area contributed by atoms with Crippen molar-refractivity contribution < 1.29 is 24.6 Å². The van der Waals surface area contributed by atoms with Gasteiger partial charge in [-0.1, -0.05) is 0 Å². The molecule has 0 saturated heterocycles. The summed E-state index contributed by atoms with van der Waals surface area (Å²) in [6, 6.07) is -1.10. The van der Waals surface area contributed by atoms with E-state index in [0.29, 0.717) is 6.29 Å². The van der Waals surface area contributed by atoms with Crippen LogP contribution in [0.4, 0.5) is 0 Å². The zero-order valence-electron chi connectivity index (χ0n) is 7.25. The van der Waals surface area contributed by atoms with E-state index in [4.69, 9.17) is 15.9 Å². The third-order valence-corrected chi connectivity index (χ3v) is 2.73. The first-order chi connectivity index (χ1) is 6.49. The second-order valence-electron chi connectivity index (χ2n) is 2.51. The fraction of sp³-hybridized carbons (Fsp3) is 0.571. The minimum Gasteiger partial charge on any atom is -0.480 e. The van der Waals surface area contributed by atoms with E-state index >= 15 is 0 Å². The molecule has 0 aromatic carbocycles. The molecule has 2 unspecified atom stereocenters. The zero-order chi connectivity index (χ0) is 11.1. The van der Waals surface area contributed by atoms with E-state index in [2.05, 4.69) is 0 Å². The number of hydrogen-bond donors (Lipinski definition) is 3. The SMILES string of the molecule is NC(CSC(CC=O)C(=O)O)C(=O)O. The second-order valence-corrected chi connectivity index (χ2v) is 3.74. The Bertz CT molecular complexity index is 232. The lowest BCUT2D eigenvalue weighted by atomic mass is 10.3. The van der Waals surface area contributed by atoms with Gasteiger partial charge in [-0.3, -0.25) is 9.59 Å². The van der Waals surface area contributed by atoms with Crippen molar-refractivity contribution in [1.29, 1.82) is 0 Å². The Hall–Kier alpha value is -1.08. The van der Waals surface area contributed by atoms with Crippen molar-refractivity contribution in [3.63, 3.8) is 0 Å². The average molecular weight is 221 g/mol. The molecule has 0 bridgehead atoms. The molecule has 80 valence electrons. The molecule has 0 radical (unpaired) electrons. The predicted molar refractivity (Wildman–Crippen MR) is 50.2 cm³/mol. The molecule has 0 heterocycles. The van der Waals surface area contributed by atoms with Gasteiger partial charge in [-0.25, -0.2) is 0 Å². The van der Waals surface area contributed by atoms with E-state index in [1.165, 1.54) is 0 Å². The molecular formula is C7H11NO5S. The number of aliphatic carboxylic acids is 2. The standard InChI is InChI=1S/C7H11NO5S/c8-4(6(10)11)3-14-5(1-2-9)7(12)13/h2,4-5H,1,3,8H2,(H,10,11)(H,12,13). The number of thioether (sulfide) groups is 1. The molecule has 0 fully saturated rings. The maximum Gasteiger partial charge on any atom is 0.321 e. The number of carboxylic acid groups (broad SMARTS) is 2. The summed E-state index contributed by atoms with van der Waals surface area (Å²) in [5.41, 5.74) is 5.16. The summed E-state index contributed by atoms with van der Waals surface area (Å²) in [6.07, 6.45) is 0.338. The van der Waals surface area contributed by atoms with Gasteiger partial charge in [0.15, 0.2) is 0 Å². The third kappa shape index (κ3) is 4.83. The maximum atomic E-state index is 10.5. The molecule has 0 saturated carbocycles. The Kier molecular flexibility index (Phi) is 5.89. The van der Waals surface area contributed by atoms with Crippen LogP contribution in [0.2, 0.25) is 0 Å². The molecule has 0 amide bonds. The summed E-state index contributed by atoms with van der Waals surface area (Å²) >= 11 is 0.854. The maximum absolute atomic E-state index is 10.5. The Morgan fingerprint density at radius 3 is 2.29 bits per heavy atom. The van der Waals surface area contributed by atoms with Crippen LogP contribution in [0, 0.1) is 0 Å². The van der Waals surface area contributed by atoms with Crippen LogP contribution in [-0.2, 0) is 14.4 Å². The fourth-order valence-corrected chi connectivity index (χ4v) is 1.56. The highest BCUT2D eigenvalue weighted by Gasteiger charge is 2.20. The molecule has 0 spiro atoms. The lowest BCUT2D eigenvalue weighted by molar-refractivity contribution is -0.138. The predicted octanol–water partition coefficient (Wildman–Crippen LogP) is -0.826. The van der Waals surface area contributed by atoms with Crippen molar-refractivity contribution in [2.45, 2.75) is 17.7 Å². The van der Waals surface area contributed by atoms with Gasteiger partial charge in [0.2, 0.25) is 0 Å². The minimum absolute atomic E-state index is 0.0276. The van der Waals surface area contributed by atoms with Crippen LogP contribution in [0.5, 0.6) is 0 Å². The number of hydrogen-bond acceptors (Lipinski definition) is 5. The van der Waals surface area contributed by atoms with Gasteiger partial charge in [0.05, 0.1) is 0 Å². The monoisotopic (exact) mass is 221 g/mol. The molecular weight excluding hydrogens is 210 g/mol. The van der Waals surface area contributed by atoms with Crippen LogP contribution >= 0.6 is 11.8 Å². The van der Waals surface area contributed by atoms with E-state index < -0.39 is 23.2 Å². The fourth-order valence-electron chi connectivity index (χ4n) is 0.619. The molecule has 14 heavy (non-hydrogen) atoms. The van der Waals surface area contributed by atoms with Gasteiger partial charge in [0, 0.05) is 12.2 Å². The average Bonchev–Trinajstić information content (AvgIpc) is 2.10. The molecule has 6 nitrogen and oxygen atoms in total. The van der Waals surface area contributed by atoms with Crippen molar-refractivity contribution in [2.24, 2.45) is 5.73 Å². The van der Waals surface area contributed by atoms with Gasteiger partial charge >= 0.3 is 11.9 Å². The Labute approximate surface area is 84.5 Å². The number of nitrogens with two attached hydrogens (primary N) is 1. The first kappa shape index (κ1) is 12.9. The van der Waals surface area contributed by atoms with Crippen molar-refractivity contribution in [1.82, 2.24) is 0 Å². The molecule has 7 heteroatoms. The number of carboxylic acids is 2. The van der Waals surface area contributed by atoms with Crippen molar-refractivity contribution in [3.05, 3.63) is 0 Å². The minimum atomic E-state index is -1.19. The van der Waals surface area contributed by atoms with E-state index in [9.17, 15) is 14.4 Å². The lowest BCUT2D eigenvalue weighted by Gasteiger charge is -2.10. The highest BCUT2D eigenvalue weighted by Crippen LogP contribution is 2.14. The van der Waals surface area contributed by atoms with Crippen LogP contribution in [0.15, 0.2) is 0 Å². The summed E-state index contributed by atoms with van der Waals surface area (Å²) in [5, 5.41) is 16.1. The number of carbonyl (C=O) groups excluding carboxylic acids is 1. The largest absolute Gasteiger partial charge is 0.480 e. The summed E-state index contributed by atoms with van der Waals surface area (Å²) < 4.78 is 0. The Morgan fingerprint density at radius 2 is 1.93 bits per heavy atom. The van der Waals surface area contributed by atoms with Gasteiger partial charge in [0.1, 0.15) is 17.6 Å². The number of aldehydes is 1. The van der Waals surface area contributed by atoms with Crippen molar-refractivity contribution in [3.8, 4) is 0 Å². The van der Waals surface area contributed by atoms with E-state index in [1.807, 2.05) is 0 Å². The highest BCUT2D eigenvalue weighted by molar-refractivity contribution is 8.00. The molecule has 0 aliphatic rings. The van der Waals surface area contributed by atoms with Crippen LogP contribution in [0.25, 0.3) is 0 Å². The van der Waals surface area contributed by atoms with Gasteiger partial charge in [-0.05, 0) is 0 Å². The second kappa shape index (κ2) is 6.39. The summed E-state index contributed by atoms with van der Waals surface area (Å²) in [7, 11) is 0. The molecule has 0 aromatic rings. The molecule has 4 N–H and O–H groups in total. The normalized spacial score (nSPS) is 14.4. The first-order valence-electron chi connectivity index (χ1n) is 3.75. The first-order valence-corrected chi connectivity index (χ1v) is 4.80. The van der Waals surface area contributed by atoms with E-state index in [1.54, 1.807) is 0 Å². The lowest BCUT2D eigenvalue weighted by Crippen LogP contribution is -2.34. The number of rotatable bonds is 7. The van der Waals surface area contributed by atoms with Gasteiger partial charge in [0.25, 0.3) is 0 Å². The van der Waals surface area contributed by atoms with Crippen LogP contribution < -0.4 is 5.73 Å². The van der Waals surface area contributed by atoms with E-state index in [0.717, 1.165) is 11.8 Å². The van der Waals surface area contributed by atoms with Gasteiger partial charge < -0.3 is 20.7 Å². The Balaban J connectivity index is 3.99. The smallest absolute Gasteiger partial charge is 0.321 e. The zero-order valence-corrected chi connectivity index (χ0v) is 8.07. The highest BCUT2D eigenvalue weighted by atomic mass is 32.2. The van der Waals surface area contributed by atoms with Gasteiger partial charge in [-0.2, -0.15) is 0 Å². The molecule has 0 rings (SSSR count). The van der Waals surface area contributed by atoms with Crippen molar-refractivity contribution in [2.75, 3.05) is 5.75 Å². The summed E-state index contributed by atoms with van der Waals surface area (Å²) in [4.78, 5) is 30.9. The van der Waals surface area contributed by atoms with Crippen LogP contribution in [0.1, 0.15) is 6.42 Å². The molecule has 0 aromatic heterocycles. The van der Waals surface area contributed by atoms with Crippen molar-refractivity contribution >= 4 is 30.0 Å². The summed E-state index contributed by atoms with van der Waals surface area (Å²) in [6.45, 7) is 0. The topological polar surface area (TPSA) is 118 Å². The quantitative estimate of drug-likeness (QED) is 0.480. The van der Waals surface area contributed by atoms with Crippen LogP contribution in [0.3, 0.4) is 0 Å². The number of carbonyl (C=O) groups is 3. The Morgan fingerprint density at radius 1 is 1.36 bits per heavy atom. The van der Waals surface area contributed by atoms with Crippen LogP contribution in [-0.4, -0.2) is 45.5 Å². The molecule has 0 aliphatic carbocycles. The molecule has 0 aliphatic heterocycles. The third-order valence-electron chi connectivity index (χ3n) is 1.38. The van der Waals surface area contributed by atoms with E-state index in [-0.39, 0.29) is 12.2 Å².